The fourth-order valence-corrected chi connectivity index (χ4v) is 3.53. The summed E-state index contributed by atoms with van der Waals surface area (Å²) in [5, 5.41) is 0. The first-order valence-electron chi connectivity index (χ1n) is 7.89. The van der Waals surface area contributed by atoms with E-state index in [1.807, 2.05) is 11.8 Å². The predicted molar refractivity (Wildman–Crippen MR) is 88.3 cm³/mol. The van der Waals surface area contributed by atoms with Crippen molar-refractivity contribution in [2.75, 3.05) is 38.6 Å². The molecular formula is C17H28NO2S+. The summed E-state index contributed by atoms with van der Waals surface area (Å²) in [6.45, 7) is 11.4. The van der Waals surface area contributed by atoms with E-state index in [2.05, 4.69) is 45.0 Å². The third-order valence-electron chi connectivity index (χ3n) is 3.73. The first kappa shape index (κ1) is 16.8. The molecule has 1 aromatic rings. The molecule has 2 rings (SSSR count). The Labute approximate surface area is 133 Å². The maximum Gasteiger partial charge on any atom is 0.104 e. The Balaban J connectivity index is 1.53. The lowest BCUT2D eigenvalue weighted by molar-refractivity contribution is -0.915. The molecule has 3 nitrogen and oxygen atoms in total. The topological polar surface area (TPSA) is 22.9 Å². The minimum Gasteiger partial charge on any atom is -0.375 e. The van der Waals surface area contributed by atoms with E-state index in [0.717, 1.165) is 38.6 Å². The fourth-order valence-electron chi connectivity index (χ4n) is 2.76. The standard InChI is InChI=1S/C17H27NO2S/c1-14-4-6-17(7-5-14)21-11-10-19-9-8-18-12-15(2)20-16(3)13-18/h4-7,15-16H,8-13H2,1-3H3/p+1/t15-,16+. The third-order valence-corrected chi connectivity index (χ3v) is 4.71. The summed E-state index contributed by atoms with van der Waals surface area (Å²) in [5.74, 6) is 1.02. The number of benzene rings is 1. The van der Waals surface area contributed by atoms with Gasteiger partial charge < -0.3 is 14.4 Å². The van der Waals surface area contributed by atoms with Gasteiger partial charge >= 0.3 is 0 Å². The molecule has 1 aliphatic heterocycles. The lowest BCUT2D eigenvalue weighted by Crippen LogP contribution is -3.15. The molecule has 1 fully saturated rings. The molecule has 1 aliphatic rings. The van der Waals surface area contributed by atoms with Crippen molar-refractivity contribution in [2.45, 2.75) is 37.9 Å². The Morgan fingerprint density at radius 2 is 1.81 bits per heavy atom. The minimum atomic E-state index is 0.376. The van der Waals surface area contributed by atoms with E-state index < -0.39 is 0 Å². The van der Waals surface area contributed by atoms with Crippen molar-refractivity contribution in [1.82, 2.24) is 0 Å². The third kappa shape index (κ3) is 6.39. The van der Waals surface area contributed by atoms with Crippen LogP contribution in [0.4, 0.5) is 0 Å². The normalized spacial score (nSPS) is 26.0. The molecular weight excluding hydrogens is 282 g/mol. The second kappa shape index (κ2) is 8.79. The molecule has 21 heavy (non-hydrogen) atoms. The number of aryl methyl sites for hydroxylation is 1. The zero-order valence-corrected chi connectivity index (χ0v) is 14.2. The summed E-state index contributed by atoms with van der Waals surface area (Å²) < 4.78 is 11.5. The maximum absolute atomic E-state index is 5.77. The molecule has 0 radical (unpaired) electrons. The van der Waals surface area contributed by atoms with Gasteiger partial charge in [-0.2, -0.15) is 0 Å². The van der Waals surface area contributed by atoms with Gasteiger partial charge in [0, 0.05) is 10.6 Å². The van der Waals surface area contributed by atoms with Crippen molar-refractivity contribution in [3.05, 3.63) is 29.8 Å². The zero-order valence-electron chi connectivity index (χ0n) is 13.4. The van der Waals surface area contributed by atoms with Crippen molar-refractivity contribution < 1.29 is 14.4 Å². The van der Waals surface area contributed by atoms with Crippen molar-refractivity contribution in [3.63, 3.8) is 0 Å². The number of hydrogen-bond donors (Lipinski definition) is 1. The first-order chi connectivity index (χ1) is 10.1. The monoisotopic (exact) mass is 310 g/mol. The first-order valence-corrected chi connectivity index (χ1v) is 8.88. The van der Waals surface area contributed by atoms with Gasteiger partial charge in [-0.15, -0.1) is 11.8 Å². The molecule has 1 unspecified atom stereocenters. The molecule has 4 heteroatoms. The molecule has 1 heterocycles. The highest BCUT2D eigenvalue weighted by Crippen LogP contribution is 2.17. The molecule has 1 N–H and O–H groups in total. The van der Waals surface area contributed by atoms with Crippen molar-refractivity contribution in [1.29, 1.82) is 0 Å². The summed E-state index contributed by atoms with van der Waals surface area (Å²) in [6, 6.07) is 8.68. The number of nitrogens with one attached hydrogen (secondary N) is 1. The average Bonchev–Trinajstić information content (AvgIpc) is 2.43. The lowest BCUT2D eigenvalue weighted by atomic mass is 10.2. The van der Waals surface area contributed by atoms with Crippen LogP contribution >= 0.6 is 11.8 Å². The summed E-state index contributed by atoms with van der Waals surface area (Å²) >= 11 is 1.86. The van der Waals surface area contributed by atoms with Crippen LogP contribution in [0.25, 0.3) is 0 Å². The number of morpholine rings is 1. The molecule has 0 amide bonds. The Bertz CT molecular complexity index is 400. The van der Waals surface area contributed by atoms with Crippen LogP contribution in [0.1, 0.15) is 19.4 Å². The van der Waals surface area contributed by atoms with Gasteiger partial charge in [-0.25, -0.2) is 0 Å². The van der Waals surface area contributed by atoms with Crippen LogP contribution in [-0.2, 0) is 9.47 Å². The molecule has 118 valence electrons. The molecule has 0 bridgehead atoms. The van der Waals surface area contributed by atoms with Gasteiger partial charge in [-0.3, -0.25) is 0 Å². The number of hydrogen-bond acceptors (Lipinski definition) is 3. The van der Waals surface area contributed by atoms with Gasteiger partial charge in [0.2, 0.25) is 0 Å². The summed E-state index contributed by atoms with van der Waals surface area (Å²) in [4.78, 5) is 2.93. The highest BCUT2D eigenvalue weighted by Gasteiger charge is 2.24. The van der Waals surface area contributed by atoms with Crippen LogP contribution in [0.15, 0.2) is 29.2 Å². The number of ether oxygens (including phenoxy) is 2. The van der Waals surface area contributed by atoms with E-state index in [4.69, 9.17) is 9.47 Å². The second-order valence-electron chi connectivity index (χ2n) is 5.94. The van der Waals surface area contributed by atoms with Crippen LogP contribution < -0.4 is 4.90 Å². The molecule has 0 aromatic heterocycles. The van der Waals surface area contributed by atoms with E-state index >= 15 is 0 Å². The quantitative estimate of drug-likeness (QED) is 0.613. The van der Waals surface area contributed by atoms with Crippen LogP contribution in [0.2, 0.25) is 0 Å². The Morgan fingerprint density at radius 1 is 1.14 bits per heavy atom. The number of rotatable bonds is 7. The van der Waals surface area contributed by atoms with Crippen LogP contribution in [0.5, 0.6) is 0 Å². The molecule has 1 saturated heterocycles. The van der Waals surface area contributed by atoms with E-state index in [1.54, 1.807) is 4.90 Å². The minimum absolute atomic E-state index is 0.376. The molecule has 1 aromatic carbocycles. The summed E-state index contributed by atoms with van der Waals surface area (Å²) in [7, 11) is 0. The highest BCUT2D eigenvalue weighted by molar-refractivity contribution is 7.99. The van der Waals surface area contributed by atoms with Gasteiger partial charge in [0.05, 0.1) is 13.2 Å². The maximum atomic E-state index is 5.77. The van der Waals surface area contributed by atoms with Crippen molar-refractivity contribution >= 4 is 11.8 Å². The van der Waals surface area contributed by atoms with Crippen LogP contribution in [0, 0.1) is 6.92 Å². The Kier molecular flexibility index (Phi) is 7.04. The Morgan fingerprint density at radius 3 is 2.48 bits per heavy atom. The lowest BCUT2D eigenvalue weighted by Gasteiger charge is -2.32. The van der Waals surface area contributed by atoms with Gasteiger partial charge in [0.25, 0.3) is 0 Å². The van der Waals surface area contributed by atoms with E-state index in [0.29, 0.717) is 12.2 Å². The molecule has 0 spiro atoms. The van der Waals surface area contributed by atoms with Crippen LogP contribution in [-0.4, -0.2) is 50.8 Å². The number of quaternary nitrogens is 1. The summed E-state index contributed by atoms with van der Waals surface area (Å²) in [5.41, 5.74) is 1.31. The van der Waals surface area contributed by atoms with Gasteiger partial charge in [-0.05, 0) is 32.9 Å². The molecule has 0 aliphatic carbocycles. The predicted octanol–water partition coefficient (Wildman–Crippen LogP) is 1.80. The average molecular weight is 310 g/mol. The number of thioether (sulfide) groups is 1. The van der Waals surface area contributed by atoms with Gasteiger partial charge in [0.15, 0.2) is 0 Å². The van der Waals surface area contributed by atoms with E-state index in [9.17, 15) is 0 Å². The molecule has 3 atom stereocenters. The largest absolute Gasteiger partial charge is 0.375 e. The SMILES string of the molecule is Cc1ccc(SCCOCC[NH+]2C[C@@H](C)O[C@@H](C)C2)cc1. The van der Waals surface area contributed by atoms with Gasteiger partial charge in [-0.1, -0.05) is 17.7 Å². The molecule has 0 saturated carbocycles. The summed E-state index contributed by atoms with van der Waals surface area (Å²) in [6.07, 6.45) is 0.752. The second-order valence-corrected chi connectivity index (χ2v) is 7.11. The van der Waals surface area contributed by atoms with Crippen LogP contribution in [0.3, 0.4) is 0 Å². The Hall–Kier alpha value is -0.550. The smallest absolute Gasteiger partial charge is 0.104 e. The van der Waals surface area contributed by atoms with E-state index in [1.165, 1.54) is 10.5 Å². The van der Waals surface area contributed by atoms with Crippen molar-refractivity contribution in [2.24, 2.45) is 0 Å². The highest BCUT2D eigenvalue weighted by atomic mass is 32.2. The zero-order chi connectivity index (χ0) is 15.1. The van der Waals surface area contributed by atoms with Crippen molar-refractivity contribution in [3.8, 4) is 0 Å². The van der Waals surface area contributed by atoms with E-state index in [-0.39, 0.29) is 0 Å². The van der Waals surface area contributed by atoms with Gasteiger partial charge in [0.1, 0.15) is 31.8 Å². The fraction of sp³-hybridized carbons (Fsp3) is 0.647.